The largest absolute Gasteiger partial charge is 0.478 e. The first kappa shape index (κ1) is 14.4. The molecular formula is C17H13NO3. The van der Waals surface area contributed by atoms with Crippen LogP contribution in [0.15, 0.2) is 48.5 Å². The van der Waals surface area contributed by atoms with Gasteiger partial charge >= 0.3 is 5.97 Å². The van der Waals surface area contributed by atoms with Crippen LogP contribution in [0.25, 0.3) is 6.08 Å². The zero-order chi connectivity index (χ0) is 15.2. The van der Waals surface area contributed by atoms with E-state index in [-0.39, 0.29) is 0 Å². The second kappa shape index (κ2) is 6.40. The van der Waals surface area contributed by atoms with Crippen molar-refractivity contribution in [2.45, 2.75) is 6.92 Å². The van der Waals surface area contributed by atoms with E-state index >= 15 is 0 Å². The van der Waals surface area contributed by atoms with Crippen molar-refractivity contribution < 1.29 is 14.6 Å². The number of carboxylic acid groups (broad SMARTS) is 1. The zero-order valence-corrected chi connectivity index (χ0v) is 11.4. The first-order chi connectivity index (χ1) is 10.1. The van der Waals surface area contributed by atoms with Gasteiger partial charge in [-0.05, 0) is 42.3 Å². The van der Waals surface area contributed by atoms with Crippen LogP contribution in [0.2, 0.25) is 0 Å². The molecule has 21 heavy (non-hydrogen) atoms. The lowest BCUT2D eigenvalue weighted by Crippen LogP contribution is -1.91. The van der Waals surface area contributed by atoms with Gasteiger partial charge < -0.3 is 9.84 Å². The molecule has 2 aromatic carbocycles. The molecule has 0 aromatic heterocycles. The lowest BCUT2D eigenvalue weighted by Gasteiger charge is -2.10. The van der Waals surface area contributed by atoms with Gasteiger partial charge in [0, 0.05) is 6.08 Å². The minimum Gasteiger partial charge on any atom is -0.478 e. The Bertz CT molecular complexity index is 742. The molecule has 0 aliphatic rings. The van der Waals surface area contributed by atoms with Crippen LogP contribution in [0.4, 0.5) is 0 Å². The van der Waals surface area contributed by atoms with Gasteiger partial charge in [-0.2, -0.15) is 5.26 Å². The van der Waals surface area contributed by atoms with E-state index in [1.807, 2.05) is 13.0 Å². The molecule has 0 bridgehead atoms. The number of benzene rings is 2. The molecule has 4 heteroatoms. The fourth-order valence-corrected chi connectivity index (χ4v) is 1.76. The molecule has 2 rings (SSSR count). The zero-order valence-electron chi connectivity index (χ0n) is 11.4. The quantitative estimate of drug-likeness (QED) is 0.865. The number of carboxylic acids is 1. The number of hydrogen-bond donors (Lipinski definition) is 1. The van der Waals surface area contributed by atoms with Crippen molar-refractivity contribution in [1.82, 2.24) is 0 Å². The number of rotatable bonds is 4. The highest BCUT2D eigenvalue weighted by atomic mass is 16.5. The maximum absolute atomic E-state index is 10.5. The smallest absolute Gasteiger partial charge is 0.328 e. The third-order valence-corrected chi connectivity index (χ3v) is 2.86. The average molecular weight is 279 g/mol. The van der Waals surface area contributed by atoms with Crippen molar-refractivity contribution in [3.63, 3.8) is 0 Å². The summed E-state index contributed by atoms with van der Waals surface area (Å²) in [7, 11) is 0. The maximum atomic E-state index is 10.5. The van der Waals surface area contributed by atoms with Gasteiger partial charge in [-0.3, -0.25) is 0 Å². The molecule has 0 saturated heterocycles. The summed E-state index contributed by atoms with van der Waals surface area (Å²) in [6, 6.07) is 14.4. The molecule has 0 spiro atoms. The number of para-hydroxylation sites is 1. The van der Waals surface area contributed by atoms with Gasteiger partial charge in [0.1, 0.15) is 17.6 Å². The monoisotopic (exact) mass is 279 g/mol. The van der Waals surface area contributed by atoms with E-state index in [4.69, 9.17) is 15.1 Å². The van der Waals surface area contributed by atoms with Gasteiger partial charge in [0.25, 0.3) is 0 Å². The summed E-state index contributed by atoms with van der Waals surface area (Å²) in [4.78, 5) is 10.5. The highest BCUT2D eigenvalue weighted by Gasteiger charge is 2.06. The van der Waals surface area contributed by atoms with E-state index in [9.17, 15) is 4.79 Å². The molecule has 0 saturated carbocycles. The lowest BCUT2D eigenvalue weighted by atomic mass is 10.1. The van der Waals surface area contributed by atoms with Gasteiger partial charge in [0.2, 0.25) is 0 Å². The highest BCUT2D eigenvalue weighted by Crippen LogP contribution is 2.28. The number of nitriles is 1. The van der Waals surface area contributed by atoms with Gasteiger partial charge in [0.05, 0.1) is 5.56 Å². The highest BCUT2D eigenvalue weighted by molar-refractivity contribution is 5.85. The van der Waals surface area contributed by atoms with Crippen LogP contribution in [0.1, 0.15) is 16.7 Å². The molecule has 1 N–H and O–H groups in total. The molecule has 0 heterocycles. The Hall–Kier alpha value is -3.06. The minimum absolute atomic E-state index is 0.448. The molecule has 0 radical (unpaired) electrons. The predicted molar refractivity (Wildman–Crippen MR) is 79.1 cm³/mol. The van der Waals surface area contributed by atoms with Crippen LogP contribution in [0.5, 0.6) is 11.5 Å². The van der Waals surface area contributed by atoms with Crippen molar-refractivity contribution >= 4 is 12.0 Å². The standard InChI is InChI=1S/C17H13NO3/c1-12-6-7-13(8-9-17(19)20)10-16(12)21-15-5-3-2-4-14(15)11-18/h2-10H,1H3,(H,19,20)/b9-8+. The summed E-state index contributed by atoms with van der Waals surface area (Å²) in [6.07, 6.45) is 2.56. The van der Waals surface area contributed by atoms with Crippen molar-refractivity contribution in [3.05, 3.63) is 65.2 Å². The molecule has 0 unspecified atom stereocenters. The second-order valence-electron chi connectivity index (χ2n) is 4.41. The summed E-state index contributed by atoms with van der Waals surface area (Å²) < 4.78 is 5.77. The first-order valence-electron chi connectivity index (χ1n) is 6.29. The number of aryl methyl sites for hydroxylation is 1. The fraction of sp³-hybridized carbons (Fsp3) is 0.0588. The first-order valence-corrected chi connectivity index (χ1v) is 6.29. The van der Waals surface area contributed by atoms with E-state index < -0.39 is 5.97 Å². The van der Waals surface area contributed by atoms with E-state index in [0.717, 1.165) is 11.6 Å². The maximum Gasteiger partial charge on any atom is 0.328 e. The third-order valence-electron chi connectivity index (χ3n) is 2.86. The molecule has 4 nitrogen and oxygen atoms in total. The minimum atomic E-state index is -1.01. The van der Waals surface area contributed by atoms with Crippen LogP contribution in [-0.2, 0) is 4.79 Å². The number of carbonyl (C=O) groups is 1. The normalized spacial score (nSPS) is 10.3. The fourth-order valence-electron chi connectivity index (χ4n) is 1.76. The van der Waals surface area contributed by atoms with Gasteiger partial charge in [-0.1, -0.05) is 24.3 Å². The second-order valence-corrected chi connectivity index (χ2v) is 4.41. The van der Waals surface area contributed by atoms with Crippen LogP contribution >= 0.6 is 0 Å². The lowest BCUT2D eigenvalue weighted by molar-refractivity contribution is -0.131. The molecule has 0 aliphatic heterocycles. The Kier molecular flexibility index (Phi) is 4.37. The number of ether oxygens (including phenoxy) is 1. The van der Waals surface area contributed by atoms with E-state index in [1.54, 1.807) is 36.4 Å². The van der Waals surface area contributed by atoms with E-state index in [0.29, 0.717) is 22.6 Å². The Labute approximate surface area is 122 Å². The summed E-state index contributed by atoms with van der Waals surface area (Å²) >= 11 is 0. The van der Waals surface area contributed by atoms with Crippen LogP contribution < -0.4 is 4.74 Å². The van der Waals surface area contributed by atoms with Gasteiger partial charge in [-0.25, -0.2) is 4.79 Å². The molecule has 0 fully saturated rings. The SMILES string of the molecule is Cc1ccc(/C=C/C(=O)O)cc1Oc1ccccc1C#N. The van der Waals surface area contributed by atoms with Gasteiger partial charge in [0.15, 0.2) is 0 Å². The third kappa shape index (κ3) is 3.71. The predicted octanol–water partition coefficient (Wildman–Crippen LogP) is 3.76. The number of hydrogen-bond acceptors (Lipinski definition) is 3. The summed E-state index contributed by atoms with van der Waals surface area (Å²) in [6.45, 7) is 1.88. The Morgan fingerprint density at radius 3 is 2.71 bits per heavy atom. The molecule has 0 aliphatic carbocycles. The number of nitrogens with zero attached hydrogens (tertiary/aromatic N) is 1. The average Bonchev–Trinajstić information content (AvgIpc) is 2.48. The van der Waals surface area contributed by atoms with Gasteiger partial charge in [-0.15, -0.1) is 0 Å². The summed E-state index contributed by atoms with van der Waals surface area (Å²) in [5, 5.41) is 17.7. The van der Waals surface area contributed by atoms with Crippen LogP contribution in [0, 0.1) is 18.3 Å². The number of aliphatic carboxylic acids is 1. The Balaban J connectivity index is 2.33. The molecule has 0 atom stereocenters. The van der Waals surface area contributed by atoms with Crippen molar-refractivity contribution in [2.24, 2.45) is 0 Å². The molecular weight excluding hydrogens is 266 g/mol. The van der Waals surface area contributed by atoms with E-state index in [1.165, 1.54) is 6.08 Å². The molecule has 2 aromatic rings. The topological polar surface area (TPSA) is 70.3 Å². The van der Waals surface area contributed by atoms with Crippen LogP contribution in [0.3, 0.4) is 0 Å². The van der Waals surface area contributed by atoms with Crippen molar-refractivity contribution in [2.75, 3.05) is 0 Å². The van der Waals surface area contributed by atoms with Crippen LogP contribution in [-0.4, -0.2) is 11.1 Å². The van der Waals surface area contributed by atoms with Crippen molar-refractivity contribution in [1.29, 1.82) is 5.26 Å². The summed E-state index contributed by atoms with van der Waals surface area (Å²) in [5.41, 5.74) is 2.06. The Morgan fingerprint density at radius 2 is 2.00 bits per heavy atom. The molecule has 0 amide bonds. The summed E-state index contributed by atoms with van der Waals surface area (Å²) in [5.74, 6) is 0.0561. The molecule has 104 valence electrons. The van der Waals surface area contributed by atoms with E-state index in [2.05, 4.69) is 6.07 Å². The Morgan fingerprint density at radius 1 is 1.24 bits per heavy atom. The van der Waals surface area contributed by atoms with Crippen molar-refractivity contribution in [3.8, 4) is 17.6 Å².